The molecule has 2 aromatic rings. The first-order valence-electron chi connectivity index (χ1n) is 7.08. The highest BCUT2D eigenvalue weighted by Gasteiger charge is 2.20. The standard InChI is InChI=1S/C17H24N2/c1-5-18-16(12-17(2,3)4)14-8-6-10-15-13(14)9-7-11-19-15/h6-11,16,18H,5,12H2,1-4H3. The lowest BCUT2D eigenvalue weighted by molar-refractivity contribution is 0.315. The van der Waals surface area contributed by atoms with E-state index in [1.807, 2.05) is 12.3 Å². The van der Waals surface area contributed by atoms with Gasteiger partial charge in [-0.05, 0) is 36.1 Å². The Balaban J connectivity index is 2.44. The smallest absolute Gasteiger partial charge is 0.0705 e. The fourth-order valence-corrected chi connectivity index (χ4v) is 2.58. The maximum Gasteiger partial charge on any atom is 0.0705 e. The zero-order chi connectivity index (χ0) is 13.9. The summed E-state index contributed by atoms with van der Waals surface area (Å²) in [5.41, 5.74) is 2.75. The Labute approximate surface area is 116 Å². The molecule has 0 aliphatic heterocycles. The Morgan fingerprint density at radius 3 is 2.63 bits per heavy atom. The highest BCUT2D eigenvalue weighted by Crippen LogP contribution is 2.32. The van der Waals surface area contributed by atoms with Crippen LogP contribution in [0.3, 0.4) is 0 Å². The van der Waals surface area contributed by atoms with Gasteiger partial charge >= 0.3 is 0 Å². The average molecular weight is 256 g/mol. The Kier molecular flexibility index (Phi) is 4.20. The van der Waals surface area contributed by atoms with Crippen LogP contribution in [-0.2, 0) is 0 Å². The monoisotopic (exact) mass is 256 g/mol. The van der Waals surface area contributed by atoms with Crippen molar-refractivity contribution in [3.8, 4) is 0 Å². The van der Waals surface area contributed by atoms with Crippen molar-refractivity contribution in [1.82, 2.24) is 10.3 Å². The minimum atomic E-state index is 0.303. The number of pyridine rings is 1. The first kappa shape index (κ1) is 14.0. The summed E-state index contributed by atoms with van der Waals surface area (Å²) in [6.45, 7) is 10.0. The first-order valence-corrected chi connectivity index (χ1v) is 7.08. The molecule has 0 aliphatic carbocycles. The van der Waals surface area contributed by atoms with Crippen molar-refractivity contribution >= 4 is 10.9 Å². The minimum absolute atomic E-state index is 0.303. The molecule has 0 amide bonds. The van der Waals surface area contributed by atoms with Crippen molar-refractivity contribution in [3.63, 3.8) is 0 Å². The van der Waals surface area contributed by atoms with Gasteiger partial charge in [0.15, 0.2) is 0 Å². The summed E-state index contributed by atoms with van der Waals surface area (Å²) in [7, 11) is 0. The van der Waals surface area contributed by atoms with Gasteiger partial charge in [-0.3, -0.25) is 4.98 Å². The van der Waals surface area contributed by atoms with Crippen molar-refractivity contribution < 1.29 is 0 Å². The molecule has 0 fully saturated rings. The van der Waals surface area contributed by atoms with Gasteiger partial charge in [0.2, 0.25) is 0 Å². The predicted octanol–water partition coefficient (Wildman–Crippen LogP) is 4.32. The summed E-state index contributed by atoms with van der Waals surface area (Å²) in [5, 5.41) is 4.88. The maximum absolute atomic E-state index is 4.45. The summed E-state index contributed by atoms with van der Waals surface area (Å²) in [5.74, 6) is 0. The second-order valence-electron chi connectivity index (χ2n) is 6.29. The molecule has 2 nitrogen and oxygen atoms in total. The molecule has 0 bridgehead atoms. The van der Waals surface area contributed by atoms with Crippen molar-refractivity contribution in [2.24, 2.45) is 5.41 Å². The van der Waals surface area contributed by atoms with Gasteiger partial charge in [-0.1, -0.05) is 45.9 Å². The SMILES string of the molecule is CCNC(CC(C)(C)C)c1cccc2ncccc12. The van der Waals surface area contributed by atoms with Crippen LogP contribution in [0.1, 0.15) is 45.7 Å². The topological polar surface area (TPSA) is 24.9 Å². The molecule has 1 heterocycles. The molecule has 1 aromatic carbocycles. The normalized spacial score (nSPS) is 13.7. The van der Waals surface area contributed by atoms with Gasteiger partial charge < -0.3 is 5.32 Å². The minimum Gasteiger partial charge on any atom is -0.310 e. The Hall–Kier alpha value is -1.41. The number of fused-ring (bicyclic) bond motifs is 1. The van der Waals surface area contributed by atoms with Crippen LogP contribution in [0.25, 0.3) is 10.9 Å². The van der Waals surface area contributed by atoms with Crippen molar-refractivity contribution in [3.05, 3.63) is 42.1 Å². The fraction of sp³-hybridized carbons (Fsp3) is 0.471. The average Bonchev–Trinajstić information content (AvgIpc) is 2.36. The molecule has 19 heavy (non-hydrogen) atoms. The fourth-order valence-electron chi connectivity index (χ4n) is 2.58. The van der Waals surface area contributed by atoms with Crippen LogP contribution in [0.5, 0.6) is 0 Å². The number of hydrogen-bond acceptors (Lipinski definition) is 2. The molecule has 0 aliphatic rings. The quantitative estimate of drug-likeness (QED) is 0.881. The third-order valence-electron chi connectivity index (χ3n) is 3.32. The van der Waals surface area contributed by atoms with Crippen LogP contribution >= 0.6 is 0 Å². The van der Waals surface area contributed by atoms with Gasteiger partial charge in [0.1, 0.15) is 0 Å². The van der Waals surface area contributed by atoms with Crippen LogP contribution in [0, 0.1) is 5.41 Å². The van der Waals surface area contributed by atoms with Gasteiger partial charge in [0, 0.05) is 17.6 Å². The van der Waals surface area contributed by atoms with E-state index in [0.717, 1.165) is 18.5 Å². The third kappa shape index (κ3) is 3.54. The van der Waals surface area contributed by atoms with Crippen LogP contribution in [0.15, 0.2) is 36.5 Å². The number of benzene rings is 1. The highest BCUT2D eigenvalue weighted by molar-refractivity contribution is 5.82. The molecular weight excluding hydrogens is 232 g/mol. The summed E-state index contributed by atoms with van der Waals surface area (Å²) >= 11 is 0. The van der Waals surface area contributed by atoms with Crippen molar-refractivity contribution in [1.29, 1.82) is 0 Å². The molecule has 1 aromatic heterocycles. The van der Waals surface area contributed by atoms with Gasteiger partial charge in [0.25, 0.3) is 0 Å². The Morgan fingerprint density at radius 1 is 1.16 bits per heavy atom. The molecule has 1 unspecified atom stereocenters. The summed E-state index contributed by atoms with van der Waals surface area (Å²) in [6.07, 6.45) is 2.98. The molecule has 0 radical (unpaired) electrons. The van der Waals surface area contributed by atoms with E-state index in [2.05, 4.69) is 62.3 Å². The Bertz CT molecular complexity index is 535. The number of aromatic nitrogens is 1. The van der Waals surface area contributed by atoms with Gasteiger partial charge in [0.05, 0.1) is 5.52 Å². The van der Waals surface area contributed by atoms with Crippen LogP contribution < -0.4 is 5.32 Å². The molecule has 0 saturated carbocycles. The van der Waals surface area contributed by atoms with Gasteiger partial charge in [-0.2, -0.15) is 0 Å². The van der Waals surface area contributed by atoms with E-state index in [4.69, 9.17) is 0 Å². The second-order valence-corrected chi connectivity index (χ2v) is 6.29. The van der Waals surface area contributed by atoms with E-state index < -0.39 is 0 Å². The van der Waals surface area contributed by atoms with E-state index in [0.29, 0.717) is 11.5 Å². The number of hydrogen-bond donors (Lipinski definition) is 1. The number of rotatable bonds is 4. The van der Waals surface area contributed by atoms with Gasteiger partial charge in [-0.15, -0.1) is 0 Å². The molecule has 1 atom stereocenters. The largest absolute Gasteiger partial charge is 0.310 e. The third-order valence-corrected chi connectivity index (χ3v) is 3.32. The Morgan fingerprint density at radius 2 is 1.95 bits per heavy atom. The zero-order valence-electron chi connectivity index (χ0n) is 12.4. The van der Waals surface area contributed by atoms with Crippen LogP contribution in [0.4, 0.5) is 0 Å². The molecule has 0 spiro atoms. The first-order chi connectivity index (χ1) is 9.01. The maximum atomic E-state index is 4.45. The number of nitrogens with one attached hydrogen (secondary N) is 1. The van der Waals surface area contributed by atoms with Crippen LogP contribution in [-0.4, -0.2) is 11.5 Å². The van der Waals surface area contributed by atoms with E-state index in [9.17, 15) is 0 Å². The van der Waals surface area contributed by atoms with Gasteiger partial charge in [-0.25, -0.2) is 0 Å². The molecule has 102 valence electrons. The lowest BCUT2D eigenvalue weighted by Crippen LogP contribution is -2.25. The van der Waals surface area contributed by atoms with Crippen molar-refractivity contribution in [2.45, 2.75) is 40.2 Å². The molecule has 1 N–H and O–H groups in total. The van der Waals surface area contributed by atoms with E-state index in [1.165, 1.54) is 10.9 Å². The predicted molar refractivity (Wildman–Crippen MR) is 82.2 cm³/mol. The highest BCUT2D eigenvalue weighted by atomic mass is 14.9. The zero-order valence-corrected chi connectivity index (χ0v) is 12.4. The summed E-state index contributed by atoms with van der Waals surface area (Å²) in [6, 6.07) is 11.0. The molecular formula is C17H24N2. The van der Waals surface area contributed by atoms with Crippen molar-refractivity contribution in [2.75, 3.05) is 6.54 Å². The van der Waals surface area contributed by atoms with E-state index in [1.54, 1.807) is 0 Å². The molecule has 0 saturated heterocycles. The molecule has 2 rings (SSSR count). The van der Waals surface area contributed by atoms with E-state index in [-0.39, 0.29) is 0 Å². The summed E-state index contributed by atoms with van der Waals surface area (Å²) < 4.78 is 0. The lowest BCUT2D eigenvalue weighted by atomic mass is 9.84. The lowest BCUT2D eigenvalue weighted by Gasteiger charge is -2.27. The van der Waals surface area contributed by atoms with E-state index >= 15 is 0 Å². The second kappa shape index (κ2) is 5.70. The molecule has 2 heteroatoms. The summed E-state index contributed by atoms with van der Waals surface area (Å²) in [4.78, 5) is 4.45. The van der Waals surface area contributed by atoms with Crippen LogP contribution in [0.2, 0.25) is 0 Å². The number of nitrogens with zero attached hydrogens (tertiary/aromatic N) is 1.